The lowest BCUT2D eigenvalue weighted by Crippen LogP contribution is -2.33. The molecule has 0 saturated heterocycles. The van der Waals surface area contributed by atoms with Crippen molar-refractivity contribution >= 4 is 45.2 Å². The number of hydrogen-bond acceptors (Lipinski definition) is 4. The number of aromatic amines is 2. The molecular weight excluding hydrogens is 384 g/mol. The summed E-state index contributed by atoms with van der Waals surface area (Å²) in [5, 5.41) is 37.3. The number of aromatic nitrogens is 2. The largest absolute Gasteiger partial charge is 0.477 e. The molecule has 6 N–H and O–H groups in total. The maximum Gasteiger partial charge on any atom is 0.350 e. The lowest BCUT2D eigenvalue weighted by atomic mass is 9.75. The standard InChI is InChI=1S/C22H18N4O4/c23-19(21(27)28)17(13-9-25-15-7-3-1-5-11(13)15)18(20(24)22(29)30)14-10-26-16-8-4-2-6-12(14)16/h1-10,17-18,23-26H,(H,27,28)(H,29,30). The first-order chi connectivity index (χ1) is 14.4. The summed E-state index contributed by atoms with van der Waals surface area (Å²) < 4.78 is 0. The normalized spacial score (nSPS) is 13.2. The quantitative estimate of drug-likeness (QED) is 0.261. The Morgan fingerprint density at radius 2 is 1.07 bits per heavy atom. The van der Waals surface area contributed by atoms with Gasteiger partial charge in [-0.15, -0.1) is 0 Å². The summed E-state index contributed by atoms with van der Waals surface area (Å²) >= 11 is 0. The van der Waals surface area contributed by atoms with Crippen LogP contribution in [0.2, 0.25) is 0 Å². The molecule has 8 heteroatoms. The van der Waals surface area contributed by atoms with Gasteiger partial charge in [0.25, 0.3) is 0 Å². The van der Waals surface area contributed by atoms with Crippen LogP contribution >= 0.6 is 0 Å². The van der Waals surface area contributed by atoms with E-state index in [0.29, 0.717) is 21.9 Å². The summed E-state index contributed by atoms with van der Waals surface area (Å²) in [6, 6.07) is 14.4. The van der Waals surface area contributed by atoms with Gasteiger partial charge in [0.2, 0.25) is 0 Å². The third-order valence-electron chi connectivity index (χ3n) is 5.33. The van der Waals surface area contributed by atoms with E-state index in [1.807, 2.05) is 24.3 Å². The predicted octanol–water partition coefficient (Wildman–Crippen LogP) is 3.73. The molecule has 2 atom stereocenters. The average Bonchev–Trinajstić information content (AvgIpc) is 3.35. The van der Waals surface area contributed by atoms with Crippen molar-refractivity contribution < 1.29 is 19.8 Å². The third kappa shape index (κ3) is 3.04. The van der Waals surface area contributed by atoms with Gasteiger partial charge < -0.3 is 20.2 Å². The molecule has 2 heterocycles. The molecule has 150 valence electrons. The summed E-state index contributed by atoms with van der Waals surface area (Å²) in [5.41, 5.74) is 1.02. The highest BCUT2D eigenvalue weighted by atomic mass is 16.4. The Morgan fingerprint density at radius 3 is 1.43 bits per heavy atom. The van der Waals surface area contributed by atoms with Gasteiger partial charge in [-0.25, -0.2) is 9.59 Å². The molecule has 0 radical (unpaired) electrons. The second-order valence-corrected chi connectivity index (χ2v) is 6.97. The van der Waals surface area contributed by atoms with E-state index in [0.717, 1.165) is 11.0 Å². The average molecular weight is 402 g/mol. The van der Waals surface area contributed by atoms with Crippen molar-refractivity contribution in [3.05, 3.63) is 72.1 Å². The zero-order valence-electron chi connectivity index (χ0n) is 15.6. The van der Waals surface area contributed by atoms with Crippen LogP contribution in [-0.4, -0.2) is 43.5 Å². The maximum atomic E-state index is 11.8. The van der Waals surface area contributed by atoms with E-state index < -0.39 is 35.2 Å². The van der Waals surface area contributed by atoms with Gasteiger partial charge in [0.1, 0.15) is 11.4 Å². The molecule has 2 aromatic heterocycles. The van der Waals surface area contributed by atoms with Crippen LogP contribution in [0.1, 0.15) is 23.0 Å². The van der Waals surface area contributed by atoms with Crippen molar-refractivity contribution in [2.75, 3.05) is 0 Å². The van der Waals surface area contributed by atoms with Crippen LogP contribution in [0.4, 0.5) is 0 Å². The molecule has 30 heavy (non-hydrogen) atoms. The Labute approximate surface area is 170 Å². The summed E-state index contributed by atoms with van der Waals surface area (Å²) in [4.78, 5) is 29.8. The monoisotopic (exact) mass is 402 g/mol. The molecule has 0 saturated carbocycles. The fourth-order valence-corrected chi connectivity index (χ4v) is 3.97. The van der Waals surface area contributed by atoms with Gasteiger partial charge in [0.15, 0.2) is 0 Å². The minimum Gasteiger partial charge on any atom is -0.477 e. The first-order valence-corrected chi connectivity index (χ1v) is 9.15. The molecule has 0 amide bonds. The number of nitrogens with one attached hydrogen (secondary N) is 4. The predicted molar refractivity (Wildman–Crippen MR) is 113 cm³/mol. The van der Waals surface area contributed by atoms with Gasteiger partial charge in [0.05, 0.1) is 0 Å². The number of hydrogen-bond donors (Lipinski definition) is 6. The number of carbonyl (C=O) groups is 2. The highest BCUT2D eigenvalue weighted by molar-refractivity contribution is 6.42. The van der Waals surface area contributed by atoms with Gasteiger partial charge in [-0.3, -0.25) is 10.8 Å². The maximum absolute atomic E-state index is 11.8. The Kier molecular flexibility index (Phi) is 4.67. The molecule has 0 aliphatic rings. The fourth-order valence-electron chi connectivity index (χ4n) is 3.97. The van der Waals surface area contributed by atoms with Crippen molar-refractivity contribution in [2.24, 2.45) is 0 Å². The van der Waals surface area contributed by atoms with Crippen LogP contribution in [0.25, 0.3) is 21.8 Å². The van der Waals surface area contributed by atoms with E-state index in [2.05, 4.69) is 9.97 Å². The van der Waals surface area contributed by atoms with Crippen molar-refractivity contribution in [3.8, 4) is 0 Å². The van der Waals surface area contributed by atoms with Crippen molar-refractivity contribution in [2.45, 2.75) is 11.8 Å². The third-order valence-corrected chi connectivity index (χ3v) is 5.33. The molecule has 0 bridgehead atoms. The van der Waals surface area contributed by atoms with Gasteiger partial charge in [0, 0.05) is 46.0 Å². The van der Waals surface area contributed by atoms with E-state index in [9.17, 15) is 19.8 Å². The Hall–Kier alpha value is -4.20. The zero-order valence-corrected chi connectivity index (χ0v) is 15.6. The minimum atomic E-state index is -1.46. The smallest absolute Gasteiger partial charge is 0.350 e. The number of benzene rings is 2. The van der Waals surface area contributed by atoms with E-state index in [1.165, 1.54) is 0 Å². The van der Waals surface area contributed by atoms with Crippen LogP contribution in [0.15, 0.2) is 60.9 Å². The van der Waals surface area contributed by atoms with E-state index in [1.54, 1.807) is 36.7 Å². The van der Waals surface area contributed by atoms with Crippen molar-refractivity contribution in [1.29, 1.82) is 10.8 Å². The number of carboxylic acids is 2. The van der Waals surface area contributed by atoms with Gasteiger partial charge in [-0.1, -0.05) is 36.4 Å². The van der Waals surface area contributed by atoms with Crippen LogP contribution in [-0.2, 0) is 9.59 Å². The summed E-state index contributed by atoms with van der Waals surface area (Å²) in [6.07, 6.45) is 3.17. The van der Waals surface area contributed by atoms with E-state index >= 15 is 0 Å². The van der Waals surface area contributed by atoms with Crippen molar-refractivity contribution in [3.63, 3.8) is 0 Å². The number of rotatable bonds is 7. The lowest BCUT2D eigenvalue weighted by molar-refractivity contribution is -0.131. The zero-order chi connectivity index (χ0) is 21.4. The van der Waals surface area contributed by atoms with Crippen LogP contribution in [0.5, 0.6) is 0 Å². The molecule has 0 aliphatic carbocycles. The highest BCUT2D eigenvalue weighted by Gasteiger charge is 2.39. The number of para-hydroxylation sites is 2. The highest BCUT2D eigenvalue weighted by Crippen LogP contribution is 2.41. The van der Waals surface area contributed by atoms with E-state index in [-0.39, 0.29) is 0 Å². The molecule has 0 spiro atoms. The molecular formula is C22H18N4O4. The van der Waals surface area contributed by atoms with Gasteiger partial charge >= 0.3 is 11.9 Å². The van der Waals surface area contributed by atoms with Crippen molar-refractivity contribution in [1.82, 2.24) is 9.97 Å². The molecule has 2 aromatic carbocycles. The van der Waals surface area contributed by atoms with Gasteiger partial charge in [-0.05, 0) is 23.3 Å². The molecule has 8 nitrogen and oxygen atoms in total. The van der Waals surface area contributed by atoms with Crippen LogP contribution in [0.3, 0.4) is 0 Å². The lowest BCUT2D eigenvalue weighted by Gasteiger charge is -2.25. The second-order valence-electron chi connectivity index (χ2n) is 6.97. The minimum absolute atomic E-state index is 0.458. The first-order valence-electron chi connectivity index (χ1n) is 9.15. The van der Waals surface area contributed by atoms with Gasteiger partial charge in [-0.2, -0.15) is 0 Å². The summed E-state index contributed by atoms with van der Waals surface area (Å²) in [5.74, 6) is -5.29. The number of aliphatic carboxylic acids is 2. The molecule has 0 fully saturated rings. The topological polar surface area (TPSA) is 154 Å². The van der Waals surface area contributed by atoms with Crippen LogP contribution < -0.4 is 0 Å². The summed E-state index contributed by atoms with van der Waals surface area (Å²) in [6.45, 7) is 0. The molecule has 4 rings (SSSR count). The molecule has 2 unspecified atom stereocenters. The Balaban J connectivity index is 2.01. The molecule has 4 aromatic rings. The molecule has 0 aliphatic heterocycles. The summed E-state index contributed by atoms with van der Waals surface area (Å²) in [7, 11) is 0. The first kappa shape index (κ1) is 19.1. The Morgan fingerprint density at radius 1 is 0.700 bits per heavy atom. The second kappa shape index (κ2) is 7.32. The van der Waals surface area contributed by atoms with Crippen LogP contribution in [0, 0.1) is 10.8 Å². The fraction of sp³-hybridized carbons (Fsp3) is 0.0909. The number of fused-ring (bicyclic) bond motifs is 2. The SMILES string of the molecule is N=C(C(=O)O)C(c1c[nH]c2ccccc12)C(C(=N)C(=O)O)c1c[nH]c2ccccc12. The van der Waals surface area contributed by atoms with E-state index in [4.69, 9.17) is 10.8 Å². The number of H-pyrrole nitrogens is 2. The Bertz CT molecular complexity index is 1210. The number of carboxylic acid groups (broad SMARTS) is 2.